The third-order valence-corrected chi connectivity index (χ3v) is 4.83. The Morgan fingerprint density at radius 3 is 2.61 bits per heavy atom. The quantitative estimate of drug-likeness (QED) is 0.512. The van der Waals surface area contributed by atoms with Crippen molar-refractivity contribution in [2.75, 3.05) is 6.61 Å². The maximum absolute atomic E-state index is 10.0. The summed E-state index contributed by atoms with van der Waals surface area (Å²) in [6, 6.07) is 5.29. The molecule has 0 unspecified atom stereocenters. The minimum absolute atomic E-state index is 0.248. The van der Waals surface area contributed by atoms with E-state index in [0.29, 0.717) is 20.4 Å². The fourth-order valence-electron chi connectivity index (χ4n) is 2.50. The first-order valence-corrected chi connectivity index (χ1v) is 8.04. The van der Waals surface area contributed by atoms with Gasteiger partial charge in [-0.05, 0) is 28.1 Å². The van der Waals surface area contributed by atoms with E-state index < -0.39 is 37.3 Å². The Labute approximate surface area is 144 Å². The van der Waals surface area contributed by atoms with Gasteiger partial charge in [-0.15, -0.1) is 0 Å². The Balaban J connectivity index is 1.89. The van der Waals surface area contributed by atoms with E-state index in [1.165, 1.54) is 0 Å². The molecule has 1 aliphatic rings. The fraction of sp³-hybridized carbons (Fsp3) is 0.429. The second-order valence-electron chi connectivity index (χ2n) is 5.25. The molecule has 0 bridgehead atoms. The van der Waals surface area contributed by atoms with Crippen molar-refractivity contribution in [2.24, 2.45) is 0 Å². The summed E-state index contributed by atoms with van der Waals surface area (Å²) in [6.45, 7) is -0.523. The zero-order chi connectivity index (χ0) is 16.7. The van der Waals surface area contributed by atoms with Crippen LogP contribution in [0.3, 0.4) is 0 Å². The van der Waals surface area contributed by atoms with E-state index in [0.717, 1.165) is 0 Å². The molecular formula is C14H15BrClNO6. The number of aliphatic hydroxyl groups excluding tert-OH is 4. The summed E-state index contributed by atoms with van der Waals surface area (Å²) in [4.78, 5) is 2.98. The van der Waals surface area contributed by atoms with E-state index in [4.69, 9.17) is 21.1 Å². The van der Waals surface area contributed by atoms with Crippen LogP contribution in [-0.4, -0.2) is 62.7 Å². The number of aromatic amines is 1. The Morgan fingerprint density at radius 1 is 1.22 bits per heavy atom. The maximum Gasteiger partial charge on any atom is 0.231 e. The number of hydrogen-bond donors (Lipinski definition) is 5. The lowest BCUT2D eigenvalue weighted by Crippen LogP contribution is -2.60. The predicted octanol–water partition coefficient (Wildman–Crippen LogP) is 0.762. The van der Waals surface area contributed by atoms with Crippen LogP contribution in [0.15, 0.2) is 22.7 Å². The van der Waals surface area contributed by atoms with Gasteiger partial charge in [0.25, 0.3) is 0 Å². The summed E-state index contributed by atoms with van der Waals surface area (Å²) in [6.07, 6.45) is -6.73. The van der Waals surface area contributed by atoms with Crippen LogP contribution >= 0.6 is 27.5 Å². The zero-order valence-corrected chi connectivity index (χ0v) is 14.0. The summed E-state index contributed by atoms with van der Waals surface area (Å²) in [5, 5.41) is 40.0. The molecule has 0 saturated carbocycles. The highest BCUT2D eigenvalue weighted by molar-refractivity contribution is 9.10. The van der Waals surface area contributed by atoms with Gasteiger partial charge in [-0.3, -0.25) is 0 Å². The highest BCUT2D eigenvalue weighted by atomic mass is 79.9. The third kappa shape index (κ3) is 2.96. The van der Waals surface area contributed by atoms with Crippen molar-refractivity contribution in [3.8, 4) is 5.88 Å². The minimum atomic E-state index is -1.50. The average molecular weight is 409 g/mol. The van der Waals surface area contributed by atoms with E-state index in [2.05, 4.69) is 20.9 Å². The van der Waals surface area contributed by atoms with Gasteiger partial charge in [0.05, 0.1) is 21.6 Å². The summed E-state index contributed by atoms with van der Waals surface area (Å²) >= 11 is 9.51. The zero-order valence-electron chi connectivity index (χ0n) is 11.7. The number of nitrogens with one attached hydrogen (secondary N) is 1. The number of aliphatic hydroxyl groups is 4. The normalized spacial score (nSPS) is 31.5. The van der Waals surface area contributed by atoms with Crippen LogP contribution in [0.4, 0.5) is 0 Å². The fourth-order valence-corrected chi connectivity index (χ4v) is 3.51. The lowest BCUT2D eigenvalue weighted by atomic mass is 9.99. The second kappa shape index (κ2) is 6.56. The molecule has 0 amide bonds. The highest BCUT2D eigenvalue weighted by Crippen LogP contribution is 2.38. The molecule has 1 aromatic carbocycles. The molecule has 3 rings (SSSR count). The first-order valence-electron chi connectivity index (χ1n) is 6.87. The molecule has 0 aliphatic carbocycles. The van der Waals surface area contributed by atoms with Crippen LogP contribution in [0.2, 0.25) is 5.02 Å². The van der Waals surface area contributed by atoms with Gasteiger partial charge in [0, 0.05) is 5.39 Å². The standard InChI is InChI=1S/C14H15BrClNO6/c15-9-8-5(16)2-1-3-6(8)17-13(9)23-14-12(21)11(20)10(19)7(4-18)22-14/h1-3,7,10-12,14,17-21H,4H2/t7-,10+,11+,12-,14+/m1/s1. The molecule has 1 aromatic heterocycles. The molecule has 5 atom stereocenters. The lowest BCUT2D eigenvalue weighted by Gasteiger charge is -2.39. The second-order valence-corrected chi connectivity index (χ2v) is 6.45. The lowest BCUT2D eigenvalue weighted by molar-refractivity contribution is -0.278. The Bertz CT molecular complexity index is 708. The summed E-state index contributed by atoms with van der Waals surface area (Å²) in [5.74, 6) is 0.248. The molecule has 0 spiro atoms. The van der Waals surface area contributed by atoms with Crippen LogP contribution < -0.4 is 4.74 Å². The SMILES string of the molecule is OC[C@H]1O[C@@H](Oc2[nH]c3cccc(Cl)c3c2Br)[C@H](O)[C@@H](O)[C@H]1O. The van der Waals surface area contributed by atoms with Gasteiger partial charge in [0.15, 0.2) is 0 Å². The van der Waals surface area contributed by atoms with Crippen molar-refractivity contribution in [3.63, 3.8) is 0 Å². The monoisotopic (exact) mass is 407 g/mol. The van der Waals surface area contributed by atoms with E-state index >= 15 is 0 Å². The van der Waals surface area contributed by atoms with Gasteiger partial charge in [-0.2, -0.15) is 0 Å². The largest absolute Gasteiger partial charge is 0.446 e. The average Bonchev–Trinajstić information content (AvgIpc) is 2.85. The van der Waals surface area contributed by atoms with Crippen LogP contribution in [-0.2, 0) is 4.74 Å². The molecular weight excluding hydrogens is 394 g/mol. The number of fused-ring (bicyclic) bond motifs is 1. The summed E-state index contributed by atoms with van der Waals surface area (Å²) in [5.41, 5.74) is 0.712. The van der Waals surface area contributed by atoms with Gasteiger partial charge in [0.1, 0.15) is 24.4 Å². The van der Waals surface area contributed by atoms with Crippen molar-refractivity contribution >= 4 is 38.4 Å². The van der Waals surface area contributed by atoms with Gasteiger partial charge in [-0.25, -0.2) is 0 Å². The molecule has 2 aromatic rings. The van der Waals surface area contributed by atoms with Crippen molar-refractivity contribution in [2.45, 2.75) is 30.7 Å². The van der Waals surface area contributed by atoms with E-state index in [9.17, 15) is 20.4 Å². The molecule has 0 radical (unpaired) electrons. The van der Waals surface area contributed by atoms with Crippen molar-refractivity contribution in [1.82, 2.24) is 4.98 Å². The maximum atomic E-state index is 10.0. The van der Waals surface area contributed by atoms with Crippen LogP contribution in [0.25, 0.3) is 10.9 Å². The van der Waals surface area contributed by atoms with E-state index in [1.807, 2.05) is 0 Å². The van der Waals surface area contributed by atoms with Gasteiger partial charge < -0.3 is 34.9 Å². The van der Waals surface area contributed by atoms with Crippen LogP contribution in [0.1, 0.15) is 0 Å². The molecule has 5 N–H and O–H groups in total. The molecule has 1 saturated heterocycles. The third-order valence-electron chi connectivity index (χ3n) is 3.76. The topological polar surface area (TPSA) is 115 Å². The molecule has 9 heteroatoms. The number of ether oxygens (including phenoxy) is 2. The number of benzene rings is 1. The molecule has 1 fully saturated rings. The van der Waals surface area contributed by atoms with Gasteiger partial charge in [-0.1, -0.05) is 17.7 Å². The van der Waals surface area contributed by atoms with E-state index in [-0.39, 0.29) is 5.88 Å². The first-order chi connectivity index (χ1) is 10.9. The molecule has 23 heavy (non-hydrogen) atoms. The van der Waals surface area contributed by atoms with Crippen LogP contribution in [0.5, 0.6) is 5.88 Å². The smallest absolute Gasteiger partial charge is 0.231 e. The predicted molar refractivity (Wildman–Crippen MR) is 85.4 cm³/mol. The number of hydrogen-bond acceptors (Lipinski definition) is 6. The van der Waals surface area contributed by atoms with Gasteiger partial charge in [0.2, 0.25) is 12.2 Å². The Hall–Kier alpha value is -0.870. The number of rotatable bonds is 3. The van der Waals surface area contributed by atoms with Crippen LogP contribution in [0, 0.1) is 0 Å². The van der Waals surface area contributed by atoms with Crippen molar-refractivity contribution < 1.29 is 29.9 Å². The first kappa shape index (κ1) is 17.0. The number of aromatic nitrogens is 1. The number of halogens is 2. The summed E-state index contributed by atoms with van der Waals surface area (Å²) < 4.78 is 11.4. The molecule has 2 heterocycles. The minimum Gasteiger partial charge on any atom is -0.446 e. The molecule has 1 aliphatic heterocycles. The van der Waals surface area contributed by atoms with Crippen molar-refractivity contribution in [3.05, 3.63) is 27.7 Å². The number of H-pyrrole nitrogens is 1. The molecule has 126 valence electrons. The van der Waals surface area contributed by atoms with E-state index in [1.54, 1.807) is 18.2 Å². The summed E-state index contributed by atoms with van der Waals surface area (Å²) in [7, 11) is 0. The van der Waals surface area contributed by atoms with Crippen molar-refractivity contribution in [1.29, 1.82) is 0 Å². The Morgan fingerprint density at radius 2 is 1.96 bits per heavy atom. The highest BCUT2D eigenvalue weighted by Gasteiger charge is 2.45. The Kier molecular flexibility index (Phi) is 4.84. The van der Waals surface area contributed by atoms with Gasteiger partial charge >= 0.3 is 0 Å². The molecule has 7 nitrogen and oxygen atoms in total.